The predicted molar refractivity (Wildman–Crippen MR) is 94.6 cm³/mol. The van der Waals surface area contributed by atoms with Gasteiger partial charge in [-0.05, 0) is 49.5 Å². The summed E-state index contributed by atoms with van der Waals surface area (Å²) in [5.74, 6) is 0.768. The van der Waals surface area contributed by atoms with E-state index in [-0.39, 0.29) is 11.7 Å². The molecule has 1 aliphatic heterocycles. The Morgan fingerprint density at radius 3 is 2.68 bits per heavy atom. The summed E-state index contributed by atoms with van der Waals surface area (Å²) in [6, 6.07) is 10.2. The van der Waals surface area contributed by atoms with Gasteiger partial charge in [0.2, 0.25) is 5.76 Å². The molecule has 134 valence electrons. The van der Waals surface area contributed by atoms with E-state index < -0.39 is 0 Å². The fraction of sp³-hybridized carbons (Fsp3) is 0.474. The number of hydrogen-bond donors (Lipinski definition) is 1. The summed E-state index contributed by atoms with van der Waals surface area (Å²) in [4.78, 5) is 14.5. The van der Waals surface area contributed by atoms with E-state index in [0.29, 0.717) is 18.3 Å². The molecule has 1 fully saturated rings. The van der Waals surface area contributed by atoms with Gasteiger partial charge in [0.15, 0.2) is 0 Å². The molecule has 0 unspecified atom stereocenters. The number of likely N-dealkylation sites (tertiary alicyclic amines) is 1. The maximum atomic E-state index is 12.0. The molecule has 0 saturated carbocycles. The van der Waals surface area contributed by atoms with E-state index in [1.165, 1.54) is 24.3 Å². The van der Waals surface area contributed by atoms with E-state index in [2.05, 4.69) is 46.6 Å². The highest BCUT2D eigenvalue weighted by molar-refractivity contribution is 5.91. The molecule has 2 heterocycles. The lowest BCUT2D eigenvalue weighted by atomic mass is 9.96. The largest absolute Gasteiger partial charge is 0.479 e. The summed E-state index contributed by atoms with van der Waals surface area (Å²) in [6.07, 6.45) is 2.18. The summed E-state index contributed by atoms with van der Waals surface area (Å²) < 4.78 is 9.87. The molecule has 1 aromatic heterocycles. The van der Waals surface area contributed by atoms with Gasteiger partial charge in [-0.1, -0.05) is 29.8 Å². The maximum Gasteiger partial charge on any atom is 0.290 e. The van der Waals surface area contributed by atoms with E-state index in [9.17, 15) is 4.79 Å². The standard InChI is InChI=1S/C19H25N3O3/c1-14-3-5-16(6-4-14)13-22-9-7-15(8-10-22)12-20-19(23)17-11-18(24-2)21-25-17/h3-6,11,15H,7-10,12-13H2,1-2H3,(H,20,23). The number of aryl methyl sites for hydroxylation is 1. The molecule has 0 aliphatic carbocycles. The lowest BCUT2D eigenvalue weighted by Crippen LogP contribution is -2.38. The Bertz CT molecular complexity index is 688. The van der Waals surface area contributed by atoms with Gasteiger partial charge in [0.25, 0.3) is 11.8 Å². The average Bonchev–Trinajstić information content (AvgIpc) is 3.12. The number of amides is 1. The number of nitrogens with zero attached hydrogens (tertiary/aromatic N) is 2. The van der Waals surface area contributed by atoms with Crippen molar-refractivity contribution in [1.82, 2.24) is 15.4 Å². The van der Waals surface area contributed by atoms with E-state index in [4.69, 9.17) is 9.26 Å². The maximum absolute atomic E-state index is 12.0. The molecule has 1 aromatic carbocycles. The number of benzene rings is 1. The first kappa shape index (κ1) is 17.5. The van der Waals surface area contributed by atoms with Crippen molar-refractivity contribution < 1.29 is 14.1 Å². The summed E-state index contributed by atoms with van der Waals surface area (Å²) >= 11 is 0. The summed E-state index contributed by atoms with van der Waals surface area (Å²) in [6.45, 7) is 5.89. The lowest BCUT2D eigenvalue weighted by Gasteiger charge is -2.32. The first-order valence-corrected chi connectivity index (χ1v) is 8.71. The van der Waals surface area contributed by atoms with Crippen LogP contribution in [0.15, 0.2) is 34.9 Å². The van der Waals surface area contributed by atoms with Gasteiger partial charge < -0.3 is 14.6 Å². The van der Waals surface area contributed by atoms with Gasteiger partial charge in [0.05, 0.1) is 13.2 Å². The Morgan fingerprint density at radius 1 is 1.32 bits per heavy atom. The van der Waals surface area contributed by atoms with Crippen molar-refractivity contribution in [3.8, 4) is 5.88 Å². The third-order valence-corrected chi connectivity index (χ3v) is 4.71. The third kappa shape index (κ3) is 4.82. The molecule has 0 radical (unpaired) electrons. The van der Waals surface area contributed by atoms with Crippen LogP contribution >= 0.6 is 0 Å². The molecule has 2 aromatic rings. The summed E-state index contributed by atoms with van der Waals surface area (Å²) in [5, 5.41) is 6.57. The Kier molecular flexibility index (Phi) is 5.71. The van der Waals surface area contributed by atoms with Crippen LogP contribution in [-0.2, 0) is 6.54 Å². The highest BCUT2D eigenvalue weighted by Gasteiger charge is 2.21. The highest BCUT2D eigenvalue weighted by Crippen LogP contribution is 2.19. The van der Waals surface area contributed by atoms with E-state index in [1.807, 2.05) is 0 Å². The quantitative estimate of drug-likeness (QED) is 0.873. The number of aromatic nitrogens is 1. The summed E-state index contributed by atoms with van der Waals surface area (Å²) in [5.41, 5.74) is 2.65. The van der Waals surface area contributed by atoms with Crippen LogP contribution in [0.3, 0.4) is 0 Å². The van der Waals surface area contributed by atoms with Crippen LogP contribution in [0.2, 0.25) is 0 Å². The van der Waals surface area contributed by atoms with Crippen LogP contribution in [0.5, 0.6) is 5.88 Å². The van der Waals surface area contributed by atoms with Gasteiger partial charge in [-0.25, -0.2) is 0 Å². The Hall–Kier alpha value is -2.34. The van der Waals surface area contributed by atoms with Crippen molar-refractivity contribution in [2.75, 3.05) is 26.7 Å². The minimum atomic E-state index is -0.238. The molecule has 0 atom stereocenters. The molecule has 1 saturated heterocycles. The van der Waals surface area contributed by atoms with Gasteiger partial charge in [-0.2, -0.15) is 0 Å². The molecule has 1 amide bonds. The molecular formula is C19H25N3O3. The predicted octanol–water partition coefficient (Wildman–Crippen LogP) is 2.63. The van der Waals surface area contributed by atoms with Crippen molar-refractivity contribution in [2.45, 2.75) is 26.3 Å². The first-order chi connectivity index (χ1) is 12.1. The first-order valence-electron chi connectivity index (χ1n) is 8.71. The molecular weight excluding hydrogens is 318 g/mol. The normalized spacial score (nSPS) is 15.9. The van der Waals surface area contributed by atoms with Crippen LogP contribution in [0.25, 0.3) is 0 Å². The Balaban J connectivity index is 1.40. The zero-order valence-corrected chi connectivity index (χ0v) is 14.8. The van der Waals surface area contributed by atoms with Gasteiger partial charge in [0, 0.05) is 13.1 Å². The molecule has 1 N–H and O–H groups in total. The third-order valence-electron chi connectivity index (χ3n) is 4.71. The lowest BCUT2D eigenvalue weighted by molar-refractivity contribution is 0.0898. The van der Waals surface area contributed by atoms with Gasteiger partial charge in [-0.3, -0.25) is 9.69 Å². The van der Waals surface area contributed by atoms with E-state index in [1.54, 1.807) is 0 Å². The van der Waals surface area contributed by atoms with Crippen molar-refractivity contribution in [3.63, 3.8) is 0 Å². The SMILES string of the molecule is COc1cc(C(=O)NCC2CCN(Cc3ccc(C)cc3)CC2)on1. The van der Waals surface area contributed by atoms with E-state index in [0.717, 1.165) is 32.5 Å². The molecule has 25 heavy (non-hydrogen) atoms. The van der Waals surface area contributed by atoms with Crippen LogP contribution in [-0.4, -0.2) is 42.7 Å². The van der Waals surface area contributed by atoms with Crippen molar-refractivity contribution in [1.29, 1.82) is 0 Å². The number of nitrogens with one attached hydrogen (secondary N) is 1. The van der Waals surface area contributed by atoms with Crippen molar-refractivity contribution in [3.05, 3.63) is 47.2 Å². The van der Waals surface area contributed by atoms with Gasteiger partial charge in [0.1, 0.15) is 0 Å². The number of rotatable bonds is 6. The van der Waals surface area contributed by atoms with Crippen LogP contribution in [0.4, 0.5) is 0 Å². The Morgan fingerprint density at radius 2 is 2.04 bits per heavy atom. The topological polar surface area (TPSA) is 67.6 Å². The molecule has 3 rings (SSSR count). The van der Waals surface area contributed by atoms with Crippen molar-refractivity contribution >= 4 is 5.91 Å². The zero-order valence-electron chi connectivity index (χ0n) is 14.8. The van der Waals surface area contributed by atoms with Crippen LogP contribution in [0, 0.1) is 12.8 Å². The van der Waals surface area contributed by atoms with Crippen LogP contribution < -0.4 is 10.1 Å². The fourth-order valence-corrected chi connectivity index (χ4v) is 3.09. The summed E-state index contributed by atoms with van der Waals surface area (Å²) in [7, 11) is 1.49. The fourth-order valence-electron chi connectivity index (χ4n) is 3.09. The smallest absolute Gasteiger partial charge is 0.290 e. The second-order valence-corrected chi connectivity index (χ2v) is 6.65. The molecule has 1 aliphatic rings. The minimum Gasteiger partial charge on any atom is -0.479 e. The minimum absolute atomic E-state index is 0.189. The second-order valence-electron chi connectivity index (χ2n) is 6.65. The zero-order chi connectivity index (χ0) is 17.6. The van der Waals surface area contributed by atoms with Gasteiger partial charge >= 0.3 is 0 Å². The van der Waals surface area contributed by atoms with E-state index >= 15 is 0 Å². The number of carbonyl (C=O) groups is 1. The second kappa shape index (κ2) is 8.16. The number of piperidine rings is 1. The van der Waals surface area contributed by atoms with Gasteiger partial charge in [-0.15, -0.1) is 0 Å². The highest BCUT2D eigenvalue weighted by atomic mass is 16.5. The number of methoxy groups -OCH3 is 1. The molecule has 6 heteroatoms. The van der Waals surface area contributed by atoms with Crippen molar-refractivity contribution in [2.24, 2.45) is 5.92 Å². The van der Waals surface area contributed by atoms with Crippen LogP contribution in [0.1, 0.15) is 34.5 Å². The molecule has 0 bridgehead atoms. The monoisotopic (exact) mass is 343 g/mol. The number of ether oxygens (including phenoxy) is 1. The average molecular weight is 343 g/mol. The number of carbonyl (C=O) groups excluding carboxylic acids is 1. The molecule has 0 spiro atoms. The Labute approximate surface area is 148 Å². The molecule has 6 nitrogen and oxygen atoms in total. The number of hydrogen-bond acceptors (Lipinski definition) is 5.